The van der Waals surface area contributed by atoms with E-state index in [0.29, 0.717) is 16.5 Å². The van der Waals surface area contributed by atoms with Crippen molar-refractivity contribution in [2.24, 2.45) is 0 Å². The lowest BCUT2D eigenvalue weighted by Crippen LogP contribution is -2.23. The number of hydrogen-bond donors (Lipinski definition) is 2. The number of rotatable bonds is 5. The third-order valence-electron chi connectivity index (χ3n) is 2.41. The topological polar surface area (TPSA) is 80.6 Å². The quantitative estimate of drug-likeness (QED) is 0.831. The number of anilines is 1. The average Bonchev–Trinajstić information content (AvgIpc) is 3.05. The monoisotopic (exact) mass is 294 g/mol. The number of hydrogen-bond acceptors (Lipinski definition) is 5. The van der Waals surface area contributed by atoms with Gasteiger partial charge in [-0.25, -0.2) is 5.48 Å². The van der Waals surface area contributed by atoms with Crippen molar-refractivity contribution in [1.29, 1.82) is 0 Å². The molecule has 0 atom stereocenters. The molecule has 2 amide bonds. The molecule has 0 aliphatic heterocycles. The molecule has 2 heterocycles. The first-order valence-corrected chi connectivity index (χ1v) is 6.81. The van der Waals surface area contributed by atoms with Crippen LogP contribution in [0.3, 0.4) is 0 Å². The summed E-state index contributed by atoms with van der Waals surface area (Å²) in [5.74, 6) is -0.461. The Morgan fingerprint density at radius 1 is 1.40 bits per heavy atom. The van der Waals surface area contributed by atoms with Crippen LogP contribution in [0.5, 0.6) is 0 Å². The van der Waals surface area contributed by atoms with Crippen molar-refractivity contribution in [3.63, 3.8) is 0 Å². The highest BCUT2D eigenvalue weighted by atomic mass is 32.1. The van der Waals surface area contributed by atoms with Gasteiger partial charge in [0.2, 0.25) is 0 Å². The van der Waals surface area contributed by atoms with Crippen molar-refractivity contribution in [2.75, 3.05) is 11.9 Å². The Hall–Kier alpha value is -2.12. The zero-order valence-electron chi connectivity index (χ0n) is 11.1. The second-order valence-corrected chi connectivity index (χ2v) is 4.97. The maximum Gasteiger partial charge on any atom is 0.291 e. The summed E-state index contributed by atoms with van der Waals surface area (Å²) in [7, 11) is 0. The van der Waals surface area contributed by atoms with Gasteiger partial charge in [-0.15, -0.1) is 11.3 Å². The molecule has 0 aromatic carbocycles. The van der Waals surface area contributed by atoms with Crippen LogP contribution in [0.1, 0.15) is 32.7 Å². The molecule has 7 heteroatoms. The van der Waals surface area contributed by atoms with Crippen molar-refractivity contribution in [2.45, 2.75) is 13.8 Å². The van der Waals surface area contributed by atoms with Gasteiger partial charge in [0.1, 0.15) is 0 Å². The molecule has 0 fully saturated rings. The van der Waals surface area contributed by atoms with Gasteiger partial charge in [-0.05, 0) is 37.6 Å². The van der Waals surface area contributed by atoms with Crippen molar-refractivity contribution in [3.8, 4) is 0 Å². The number of furan rings is 1. The molecule has 0 unspecified atom stereocenters. The normalized spacial score (nSPS) is 10.3. The number of carbonyl (C=O) groups excluding carboxylic acids is 2. The van der Waals surface area contributed by atoms with E-state index in [9.17, 15) is 9.59 Å². The van der Waals surface area contributed by atoms with E-state index >= 15 is 0 Å². The van der Waals surface area contributed by atoms with E-state index in [1.54, 1.807) is 32.0 Å². The highest BCUT2D eigenvalue weighted by Crippen LogP contribution is 2.27. The molecule has 0 aliphatic rings. The fraction of sp³-hybridized carbons (Fsp3) is 0.231. The van der Waals surface area contributed by atoms with Crippen LogP contribution in [0.2, 0.25) is 0 Å². The third kappa shape index (κ3) is 3.25. The molecular formula is C13H14N2O4S. The van der Waals surface area contributed by atoms with E-state index in [2.05, 4.69) is 10.8 Å². The van der Waals surface area contributed by atoms with Crippen molar-refractivity contribution in [3.05, 3.63) is 40.7 Å². The van der Waals surface area contributed by atoms with Crippen LogP contribution in [-0.2, 0) is 4.84 Å². The van der Waals surface area contributed by atoms with Gasteiger partial charge in [0.25, 0.3) is 11.8 Å². The van der Waals surface area contributed by atoms with Gasteiger partial charge in [-0.2, -0.15) is 0 Å². The summed E-state index contributed by atoms with van der Waals surface area (Å²) >= 11 is 1.18. The Kier molecular flexibility index (Phi) is 4.54. The largest absolute Gasteiger partial charge is 0.459 e. The number of carbonyl (C=O) groups is 2. The van der Waals surface area contributed by atoms with E-state index in [4.69, 9.17) is 9.25 Å². The smallest absolute Gasteiger partial charge is 0.291 e. The Balaban J connectivity index is 2.07. The molecule has 20 heavy (non-hydrogen) atoms. The van der Waals surface area contributed by atoms with Crippen LogP contribution in [0.15, 0.2) is 28.9 Å². The lowest BCUT2D eigenvalue weighted by Gasteiger charge is -2.01. The summed E-state index contributed by atoms with van der Waals surface area (Å²) in [5.41, 5.74) is 3.09. The second kappa shape index (κ2) is 6.36. The first kappa shape index (κ1) is 14.3. The number of amides is 2. The molecule has 2 aromatic rings. The number of hydroxylamine groups is 1. The molecule has 0 spiro atoms. The summed E-state index contributed by atoms with van der Waals surface area (Å²) in [4.78, 5) is 29.0. The van der Waals surface area contributed by atoms with Crippen molar-refractivity contribution < 1.29 is 18.8 Å². The minimum Gasteiger partial charge on any atom is -0.459 e. The van der Waals surface area contributed by atoms with Crippen LogP contribution in [0, 0.1) is 6.92 Å². The summed E-state index contributed by atoms with van der Waals surface area (Å²) in [6.07, 6.45) is 1.43. The first-order chi connectivity index (χ1) is 9.61. The van der Waals surface area contributed by atoms with Crippen molar-refractivity contribution in [1.82, 2.24) is 5.48 Å². The minimum atomic E-state index is -0.354. The van der Waals surface area contributed by atoms with E-state index in [1.165, 1.54) is 17.6 Å². The van der Waals surface area contributed by atoms with Gasteiger partial charge in [0.05, 0.1) is 22.7 Å². The molecule has 0 saturated heterocycles. The van der Waals surface area contributed by atoms with Gasteiger partial charge >= 0.3 is 0 Å². The first-order valence-electron chi connectivity index (χ1n) is 5.99. The summed E-state index contributed by atoms with van der Waals surface area (Å²) < 4.78 is 5.00. The lowest BCUT2D eigenvalue weighted by molar-refractivity contribution is 0.0368. The van der Waals surface area contributed by atoms with Crippen molar-refractivity contribution >= 4 is 28.2 Å². The van der Waals surface area contributed by atoms with Gasteiger partial charge < -0.3 is 9.73 Å². The molecule has 2 aromatic heterocycles. The molecule has 106 valence electrons. The van der Waals surface area contributed by atoms with E-state index < -0.39 is 0 Å². The second-order valence-electron chi connectivity index (χ2n) is 3.92. The fourth-order valence-electron chi connectivity index (χ4n) is 1.53. The maximum atomic E-state index is 11.8. The molecule has 2 N–H and O–H groups in total. The Labute approximate surface area is 119 Å². The zero-order valence-corrected chi connectivity index (χ0v) is 11.9. The average molecular weight is 294 g/mol. The molecule has 0 radical (unpaired) electrons. The van der Waals surface area contributed by atoms with Gasteiger partial charge in [-0.1, -0.05) is 0 Å². The molecule has 0 aliphatic carbocycles. The molecule has 0 saturated carbocycles. The summed E-state index contributed by atoms with van der Waals surface area (Å²) in [6.45, 7) is 3.95. The fourth-order valence-corrected chi connectivity index (χ4v) is 2.49. The van der Waals surface area contributed by atoms with Crippen LogP contribution in [0.25, 0.3) is 0 Å². The predicted octanol–water partition coefficient (Wildman–Crippen LogP) is 2.58. The number of nitrogens with one attached hydrogen (secondary N) is 2. The predicted molar refractivity (Wildman–Crippen MR) is 74.8 cm³/mol. The molecular weight excluding hydrogens is 280 g/mol. The van der Waals surface area contributed by atoms with Gasteiger partial charge in [0, 0.05) is 0 Å². The minimum absolute atomic E-state index is 0.219. The Morgan fingerprint density at radius 3 is 2.85 bits per heavy atom. The Morgan fingerprint density at radius 2 is 2.20 bits per heavy atom. The zero-order chi connectivity index (χ0) is 14.5. The maximum absolute atomic E-state index is 11.8. The third-order valence-corrected chi connectivity index (χ3v) is 3.57. The van der Waals surface area contributed by atoms with Crippen LogP contribution in [-0.4, -0.2) is 18.4 Å². The lowest BCUT2D eigenvalue weighted by atomic mass is 10.3. The highest BCUT2D eigenvalue weighted by Gasteiger charge is 2.16. The van der Waals surface area contributed by atoms with Crippen LogP contribution in [0.4, 0.5) is 5.00 Å². The number of aryl methyl sites for hydroxylation is 1. The highest BCUT2D eigenvalue weighted by molar-refractivity contribution is 7.18. The van der Waals surface area contributed by atoms with E-state index in [1.807, 2.05) is 0 Å². The molecule has 2 rings (SSSR count). The molecule has 0 bridgehead atoms. The molecule has 6 nitrogen and oxygen atoms in total. The van der Waals surface area contributed by atoms with Gasteiger partial charge in [-0.3, -0.25) is 14.4 Å². The Bertz CT molecular complexity index is 604. The number of thiophene rings is 1. The van der Waals surface area contributed by atoms with E-state index in [-0.39, 0.29) is 17.6 Å². The van der Waals surface area contributed by atoms with Gasteiger partial charge in [0.15, 0.2) is 5.76 Å². The summed E-state index contributed by atoms with van der Waals surface area (Å²) in [5, 5.41) is 3.26. The SMILES string of the molecule is CCONC(=O)c1sc(NC(=O)c2ccco2)cc1C. The van der Waals surface area contributed by atoms with Crippen LogP contribution < -0.4 is 10.8 Å². The summed E-state index contributed by atoms with van der Waals surface area (Å²) in [6, 6.07) is 4.93. The standard InChI is InChI=1S/C13H14N2O4S/c1-3-19-15-13(17)11-8(2)7-10(20-11)14-12(16)9-5-4-6-18-9/h4-7H,3H2,1-2H3,(H,14,16)(H,15,17). The van der Waals surface area contributed by atoms with E-state index in [0.717, 1.165) is 5.56 Å². The van der Waals surface area contributed by atoms with Crippen LogP contribution >= 0.6 is 11.3 Å².